The number of hydrogen-bond donors (Lipinski definition) is 1. The third-order valence-corrected chi connectivity index (χ3v) is 3.76. The van der Waals surface area contributed by atoms with Crippen molar-refractivity contribution in [3.63, 3.8) is 0 Å². The van der Waals surface area contributed by atoms with E-state index in [1.54, 1.807) is 0 Å². The number of amides is 1. The van der Waals surface area contributed by atoms with E-state index in [1.165, 1.54) is 0 Å². The second-order valence-electron chi connectivity index (χ2n) is 4.64. The Kier molecular flexibility index (Phi) is 5.63. The van der Waals surface area contributed by atoms with Gasteiger partial charge >= 0.3 is 0 Å². The molecule has 1 amide bonds. The molecular weight excluding hydrogens is 316 g/mol. The van der Waals surface area contributed by atoms with Crippen molar-refractivity contribution in [2.24, 2.45) is 5.73 Å². The topological polar surface area (TPSA) is 46.3 Å². The fourth-order valence-corrected chi connectivity index (χ4v) is 2.82. The Morgan fingerprint density at radius 2 is 2.22 bits per heavy atom. The average Bonchev–Trinajstić information content (AvgIpc) is 2.28. The van der Waals surface area contributed by atoms with Gasteiger partial charge in [-0.2, -0.15) is 0 Å². The summed E-state index contributed by atoms with van der Waals surface area (Å²) >= 11 is 3.45. The third kappa shape index (κ3) is 3.46. The first-order valence-corrected chi connectivity index (χ1v) is 6.68. The summed E-state index contributed by atoms with van der Waals surface area (Å²) in [6, 6.07) is 5.93. The summed E-state index contributed by atoms with van der Waals surface area (Å²) in [5.41, 5.74) is 7.77. The summed E-state index contributed by atoms with van der Waals surface area (Å²) in [6.07, 6.45) is 2.01. The molecule has 1 heterocycles. The minimum Gasteiger partial charge on any atom is -0.337 e. The highest BCUT2D eigenvalue weighted by Crippen LogP contribution is 2.21. The van der Waals surface area contributed by atoms with Crippen LogP contribution < -0.4 is 5.73 Å². The zero-order chi connectivity index (χ0) is 12.4. The Labute approximate surface area is 122 Å². The Hall–Kier alpha value is -0.580. The lowest BCUT2D eigenvalue weighted by Crippen LogP contribution is -2.45. The zero-order valence-electron chi connectivity index (χ0n) is 10.4. The summed E-state index contributed by atoms with van der Waals surface area (Å²) in [7, 11) is 0. The molecule has 3 nitrogen and oxygen atoms in total. The van der Waals surface area contributed by atoms with Gasteiger partial charge in [0.25, 0.3) is 5.91 Å². The Balaban J connectivity index is 0.00000162. The van der Waals surface area contributed by atoms with Crippen molar-refractivity contribution in [2.45, 2.75) is 25.8 Å². The predicted octanol–water partition coefficient (Wildman–Crippen LogP) is 2.74. The van der Waals surface area contributed by atoms with Crippen molar-refractivity contribution in [1.29, 1.82) is 0 Å². The van der Waals surface area contributed by atoms with E-state index >= 15 is 0 Å². The average molecular weight is 334 g/mol. The van der Waals surface area contributed by atoms with E-state index in [2.05, 4.69) is 15.9 Å². The molecule has 0 aliphatic carbocycles. The molecule has 0 aromatic heterocycles. The maximum Gasteiger partial charge on any atom is 0.255 e. The van der Waals surface area contributed by atoms with E-state index in [-0.39, 0.29) is 24.4 Å². The first-order chi connectivity index (χ1) is 8.08. The van der Waals surface area contributed by atoms with Gasteiger partial charge < -0.3 is 10.6 Å². The second-order valence-corrected chi connectivity index (χ2v) is 5.49. The molecule has 0 unspecified atom stereocenters. The maximum absolute atomic E-state index is 12.3. The molecule has 0 bridgehead atoms. The molecular formula is C13H18BrClN2O. The number of carbonyl (C=O) groups is 1. The predicted molar refractivity (Wildman–Crippen MR) is 79.2 cm³/mol. The summed E-state index contributed by atoms with van der Waals surface area (Å²) in [5, 5.41) is 0. The summed E-state index contributed by atoms with van der Waals surface area (Å²) in [5.74, 6) is 0.0759. The van der Waals surface area contributed by atoms with Crippen LogP contribution in [0.1, 0.15) is 28.8 Å². The molecule has 2 N–H and O–H groups in total. The third-order valence-electron chi connectivity index (χ3n) is 3.10. The largest absolute Gasteiger partial charge is 0.337 e. The van der Waals surface area contributed by atoms with Crippen molar-refractivity contribution in [1.82, 2.24) is 4.90 Å². The normalized spacial score (nSPS) is 19.3. The molecule has 5 heteroatoms. The quantitative estimate of drug-likeness (QED) is 0.859. The van der Waals surface area contributed by atoms with Crippen LogP contribution in [0, 0.1) is 6.92 Å². The molecule has 100 valence electrons. The zero-order valence-corrected chi connectivity index (χ0v) is 12.8. The molecule has 1 aromatic carbocycles. The van der Waals surface area contributed by atoms with Crippen molar-refractivity contribution in [3.05, 3.63) is 33.8 Å². The van der Waals surface area contributed by atoms with Crippen molar-refractivity contribution < 1.29 is 4.79 Å². The Bertz CT molecular complexity index is 439. The molecule has 0 saturated carbocycles. The van der Waals surface area contributed by atoms with Crippen molar-refractivity contribution >= 4 is 34.2 Å². The fraction of sp³-hybridized carbons (Fsp3) is 0.462. The van der Waals surface area contributed by atoms with E-state index in [1.807, 2.05) is 30.0 Å². The minimum atomic E-state index is 0. The number of carbonyl (C=O) groups excluding carboxylic acids is 1. The Morgan fingerprint density at radius 1 is 1.50 bits per heavy atom. The first-order valence-electron chi connectivity index (χ1n) is 5.89. The lowest BCUT2D eigenvalue weighted by Gasteiger charge is -2.31. The number of benzene rings is 1. The SMILES string of the molecule is Cc1ccc(C(=O)N2CCC[C@@H](N)C2)c(Br)c1.Cl. The van der Waals surface area contributed by atoms with Gasteiger partial charge in [0.2, 0.25) is 0 Å². The van der Waals surface area contributed by atoms with Crippen LogP contribution in [-0.2, 0) is 0 Å². The number of aryl methyl sites for hydroxylation is 1. The van der Waals surface area contributed by atoms with Gasteiger partial charge in [-0.25, -0.2) is 0 Å². The van der Waals surface area contributed by atoms with Crippen LogP contribution in [0.5, 0.6) is 0 Å². The molecule has 1 fully saturated rings. The van der Waals surface area contributed by atoms with E-state index in [9.17, 15) is 4.79 Å². The van der Waals surface area contributed by atoms with Crippen molar-refractivity contribution in [3.8, 4) is 0 Å². The summed E-state index contributed by atoms with van der Waals surface area (Å²) in [6.45, 7) is 3.49. The van der Waals surface area contributed by atoms with Crippen LogP contribution in [0.3, 0.4) is 0 Å². The van der Waals surface area contributed by atoms with E-state index in [0.29, 0.717) is 6.54 Å². The van der Waals surface area contributed by atoms with Gasteiger partial charge in [-0.05, 0) is 53.4 Å². The van der Waals surface area contributed by atoms with E-state index in [4.69, 9.17) is 5.73 Å². The van der Waals surface area contributed by atoms with Gasteiger partial charge in [-0.3, -0.25) is 4.79 Å². The molecule has 0 radical (unpaired) electrons. The van der Waals surface area contributed by atoms with Crippen LogP contribution in [0.25, 0.3) is 0 Å². The van der Waals surface area contributed by atoms with Crippen LogP contribution in [-0.4, -0.2) is 29.9 Å². The van der Waals surface area contributed by atoms with Gasteiger partial charge in [0.15, 0.2) is 0 Å². The van der Waals surface area contributed by atoms with E-state index in [0.717, 1.165) is 35.0 Å². The van der Waals surface area contributed by atoms with Crippen molar-refractivity contribution in [2.75, 3.05) is 13.1 Å². The number of piperidine rings is 1. The highest BCUT2D eigenvalue weighted by molar-refractivity contribution is 9.10. The van der Waals surface area contributed by atoms with Gasteiger partial charge in [0, 0.05) is 23.6 Å². The maximum atomic E-state index is 12.3. The lowest BCUT2D eigenvalue weighted by atomic mass is 10.0. The number of likely N-dealkylation sites (tertiary alicyclic amines) is 1. The summed E-state index contributed by atoms with van der Waals surface area (Å²) < 4.78 is 0.863. The Morgan fingerprint density at radius 3 is 2.83 bits per heavy atom. The molecule has 1 atom stereocenters. The first kappa shape index (κ1) is 15.5. The van der Waals surface area contributed by atoms with Crippen LogP contribution >= 0.6 is 28.3 Å². The fourth-order valence-electron chi connectivity index (χ4n) is 2.16. The molecule has 1 aromatic rings. The minimum absolute atomic E-state index is 0. The van der Waals surface area contributed by atoms with Gasteiger partial charge in [0.05, 0.1) is 5.56 Å². The molecule has 0 spiro atoms. The molecule has 2 rings (SSSR count). The second kappa shape index (κ2) is 6.55. The summed E-state index contributed by atoms with van der Waals surface area (Å²) in [4.78, 5) is 14.2. The number of halogens is 2. The highest BCUT2D eigenvalue weighted by Gasteiger charge is 2.23. The number of nitrogens with zero attached hydrogens (tertiary/aromatic N) is 1. The molecule has 1 aliphatic heterocycles. The highest BCUT2D eigenvalue weighted by atomic mass is 79.9. The number of hydrogen-bond acceptors (Lipinski definition) is 2. The van der Waals surface area contributed by atoms with Crippen LogP contribution in [0.2, 0.25) is 0 Å². The number of rotatable bonds is 1. The molecule has 1 aliphatic rings. The van der Waals surface area contributed by atoms with Crippen LogP contribution in [0.15, 0.2) is 22.7 Å². The lowest BCUT2D eigenvalue weighted by molar-refractivity contribution is 0.0708. The van der Waals surface area contributed by atoms with E-state index < -0.39 is 0 Å². The molecule has 18 heavy (non-hydrogen) atoms. The molecule has 1 saturated heterocycles. The van der Waals surface area contributed by atoms with Gasteiger partial charge in [-0.15, -0.1) is 12.4 Å². The number of nitrogens with two attached hydrogens (primary N) is 1. The van der Waals surface area contributed by atoms with Gasteiger partial charge in [-0.1, -0.05) is 6.07 Å². The smallest absolute Gasteiger partial charge is 0.255 e. The standard InChI is InChI=1S/C13H17BrN2O.ClH/c1-9-4-5-11(12(14)7-9)13(17)16-6-2-3-10(15)8-16;/h4-5,7,10H,2-3,6,8,15H2,1H3;1H/t10-;/m1./s1. The monoisotopic (exact) mass is 332 g/mol. The van der Waals surface area contributed by atoms with Crippen LogP contribution in [0.4, 0.5) is 0 Å². The van der Waals surface area contributed by atoms with Gasteiger partial charge in [0.1, 0.15) is 0 Å².